The van der Waals surface area contributed by atoms with E-state index in [-0.39, 0.29) is 169 Å². The predicted octanol–water partition coefficient (Wildman–Crippen LogP) is -4.92. The molecule has 0 radical (unpaired) electrons. The lowest BCUT2D eigenvalue weighted by molar-refractivity contribution is -0.143. The number of carbonyl (C=O) groups is 21. The number of aliphatic hydroxyl groups is 1. The van der Waals surface area contributed by atoms with E-state index in [0.29, 0.717) is 65.5 Å². The second kappa shape index (κ2) is 59.1. The number of carbonyl (C=O) groups excluding carboxylic acids is 17. The average molecular weight is 2130 g/mol. The first-order valence-corrected chi connectivity index (χ1v) is 51.9. The van der Waals surface area contributed by atoms with Gasteiger partial charge in [0.05, 0.1) is 51.5 Å². The summed E-state index contributed by atoms with van der Waals surface area (Å²) in [6, 6.07) is 2.79. The van der Waals surface area contributed by atoms with E-state index < -0.39 is 252 Å². The summed E-state index contributed by atoms with van der Waals surface area (Å²) in [5, 5.41) is 86.7. The maximum atomic E-state index is 15.9. The zero-order valence-corrected chi connectivity index (χ0v) is 85.4. The van der Waals surface area contributed by atoms with E-state index >= 15 is 33.6 Å². The monoisotopic (exact) mass is 2130 g/mol. The van der Waals surface area contributed by atoms with Gasteiger partial charge in [-0.25, -0.2) is 0 Å². The van der Waals surface area contributed by atoms with Crippen molar-refractivity contribution < 1.29 is 126 Å². The van der Waals surface area contributed by atoms with E-state index in [1.165, 1.54) is 11.8 Å². The van der Waals surface area contributed by atoms with Gasteiger partial charge in [-0.1, -0.05) is 121 Å². The molecule has 3 saturated heterocycles. The van der Waals surface area contributed by atoms with Crippen molar-refractivity contribution in [3.05, 3.63) is 120 Å². The lowest BCUT2D eigenvalue weighted by atomic mass is 9.97. The lowest BCUT2D eigenvalue weighted by Gasteiger charge is -2.32. The first-order chi connectivity index (χ1) is 71.4. The third-order valence-corrected chi connectivity index (χ3v) is 28.3. The fourth-order valence-electron chi connectivity index (χ4n) is 17.6. The third kappa shape index (κ3) is 37.7. The SMILES string of the molecule is CC[C@H](C)[C@H](NC(=O)[C@@H](NC(=O)[C@H](Cc1c[nH]c2ccccc12)NC(C)=O)[C@@H](C)O)C(=O)N[C@H]1CSSC[C@@H](C(=O)N[C@@H](Cc2c[nH]c3ccccc23)C(=O)N2CCC[C@H]2C(=O)N[C@H](CCCCNC(=O)CN2CCN(CC(=O)O)CCN(CC(=O)O)CCN(CC(=O)O)CC2)C(N)=O)NC(=O)[C@H](CC(=O)O)NC(=O)[C@H](CCCCN)NC(=O)[C@H](Cc2ccc3ccccc3c2)NC(=O)[C@H](CC(N)=O)NC(=O)[C@H](CC(N)=O)NC1=O. The molecule has 15 atom stereocenters. The van der Waals surface area contributed by atoms with Crippen LogP contribution in [0.1, 0.15) is 121 Å². The van der Waals surface area contributed by atoms with Gasteiger partial charge in [0, 0.05) is 137 Å². The van der Waals surface area contributed by atoms with Crippen molar-refractivity contribution in [3.8, 4) is 0 Å². The van der Waals surface area contributed by atoms with Crippen LogP contribution in [0.5, 0.6) is 0 Å². The van der Waals surface area contributed by atoms with Crippen molar-refractivity contribution in [1.82, 2.24) is 104 Å². The number of para-hydroxylation sites is 2. The number of aliphatic hydroxyl groups excluding tert-OH is 1. The Kier molecular flexibility index (Phi) is 46.9. The van der Waals surface area contributed by atoms with Gasteiger partial charge in [-0.2, -0.15) is 0 Å². The van der Waals surface area contributed by atoms with Crippen LogP contribution in [0.4, 0.5) is 0 Å². The number of unbranched alkanes of at least 4 members (excludes halogenated alkanes) is 2. The number of likely N-dealkylation sites (tertiary alicyclic amines) is 1. The zero-order chi connectivity index (χ0) is 110. The zero-order valence-electron chi connectivity index (χ0n) is 83.8. The van der Waals surface area contributed by atoms with Crippen LogP contribution in [0.15, 0.2) is 103 Å². The van der Waals surface area contributed by atoms with Gasteiger partial charge in [0.15, 0.2) is 0 Å². The molecule has 0 saturated carbocycles. The number of benzene rings is 4. The average Bonchev–Trinajstić information content (AvgIpc) is 1.64. The van der Waals surface area contributed by atoms with Crippen molar-refractivity contribution in [2.24, 2.45) is 28.9 Å². The van der Waals surface area contributed by atoms with Crippen molar-refractivity contribution >= 4 is 178 Å². The Labute approximate surface area is 871 Å². The van der Waals surface area contributed by atoms with Crippen LogP contribution in [-0.2, 0) is 120 Å². The number of nitrogens with two attached hydrogens (primary N) is 4. The molecular weight excluding hydrogens is 1990 g/mol. The molecule has 0 unspecified atom stereocenters. The summed E-state index contributed by atoms with van der Waals surface area (Å²) in [4.78, 5) is 310. The fourth-order valence-corrected chi connectivity index (χ4v) is 20.0. The largest absolute Gasteiger partial charge is 0.481 e. The first-order valence-electron chi connectivity index (χ1n) is 49.5. The Hall–Kier alpha value is -14.5. The smallest absolute Gasteiger partial charge is 0.317 e. The number of hydrogen-bond acceptors (Lipinski definition) is 29. The van der Waals surface area contributed by atoms with E-state index in [9.17, 15) is 92.7 Å². The Balaban J connectivity index is 1.03. The Morgan fingerprint density at radius 1 is 0.480 bits per heavy atom. The summed E-state index contributed by atoms with van der Waals surface area (Å²) in [6.45, 7) is 5.31. The molecule has 816 valence electrons. The van der Waals surface area contributed by atoms with Crippen LogP contribution >= 0.6 is 21.6 Å². The Morgan fingerprint density at radius 3 is 1.50 bits per heavy atom. The highest BCUT2D eigenvalue weighted by Gasteiger charge is 2.44. The molecule has 2 aromatic heterocycles. The second-order valence-corrected chi connectivity index (χ2v) is 40.0. The van der Waals surface area contributed by atoms with E-state index in [4.69, 9.17) is 22.9 Å². The standard InChI is InChI=1S/C98H136N24O26S2/c1-5-54(2)84(116-97(147)85(55(3)123)117-92(142)69(106-56(4)124)41-60-46-104-64-21-10-8-19-62(60)64)96(146)115-75-53-150-149-52-74(114-91(141)72(45-80(128)129)112-87(137)67(24-12-14-28-99)108-88(138)68(40-57-26-27-58-17-6-7-18-59(58)39-57)109-89(139)70(43-77(100)125)110-90(140)71(44-78(101)126)111-93(75)143)94(144)113-73(42-61-47-105-65-22-11-9-20-63(61)65)98(148)122-30-16-25-76(122)95(145)107-66(86(102)136)23-13-15-29-103-79(127)48-118-31-33-119(49-81(130)131)35-37-121(51-83(134)135)38-36-120(34-32-118)50-82(132)133/h6-11,17-22,26-27,39,46-47,54-55,66-76,84-85,104-105,123H,5,12-16,23-25,28-38,40-45,48-53,99H2,1-4H3,(H2,100,125)(H2,101,126)(H2,102,136)(H,103,127)(H,106,124)(H,107,145)(H,108,138)(H,109,139)(H,110,140)(H,111,143)(H,112,137)(H,113,144)(H,114,141)(H,115,146)(H,116,147)(H,117,142)(H,128,129)(H,130,131)(H,132,133)(H,134,135)/t54-,55+,66+,67-,68-,69-,70-,71-,72-,73-,74-,75-,76-,84-,85-/m0/s1. The molecule has 6 aromatic rings. The lowest BCUT2D eigenvalue weighted by Crippen LogP contribution is -2.63. The Bertz CT molecular complexity index is 5780. The molecule has 0 spiro atoms. The topological polar surface area (TPSA) is 768 Å². The van der Waals surface area contributed by atoms with Crippen molar-refractivity contribution in [2.45, 2.75) is 209 Å². The van der Waals surface area contributed by atoms with Crippen LogP contribution in [0, 0.1) is 5.92 Å². The summed E-state index contributed by atoms with van der Waals surface area (Å²) in [6.07, 6.45) is -2.18. The van der Waals surface area contributed by atoms with E-state index in [2.05, 4.69) is 79.1 Å². The van der Waals surface area contributed by atoms with Crippen LogP contribution in [-0.4, -0.2) is 379 Å². The van der Waals surface area contributed by atoms with Crippen molar-refractivity contribution in [1.29, 1.82) is 0 Å². The molecule has 3 aliphatic rings. The van der Waals surface area contributed by atoms with E-state index in [1.807, 2.05) is 0 Å². The minimum absolute atomic E-state index is 0.00774. The molecule has 9 rings (SSSR count). The summed E-state index contributed by atoms with van der Waals surface area (Å²) in [5.74, 6) is -25.8. The number of nitrogens with zero attached hydrogens (tertiary/aromatic N) is 5. The summed E-state index contributed by atoms with van der Waals surface area (Å²) < 4.78 is 0. The highest BCUT2D eigenvalue weighted by atomic mass is 33.1. The highest BCUT2D eigenvalue weighted by molar-refractivity contribution is 8.76. The number of fused-ring (bicyclic) bond motifs is 3. The molecule has 150 heavy (non-hydrogen) atoms. The van der Waals surface area contributed by atoms with Crippen LogP contribution in [0.2, 0.25) is 0 Å². The molecule has 28 N–H and O–H groups in total. The maximum Gasteiger partial charge on any atom is 0.317 e. The molecule has 17 amide bonds. The fraction of sp³-hybridized carbons (Fsp3) is 0.520. The Morgan fingerprint density at radius 2 is 0.967 bits per heavy atom. The maximum absolute atomic E-state index is 15.9. The molecule has 0 bridgehead atoms. The van der Waals surface area contributed by atoms with Crippen LogP contribution < -0.4 is 92.1 Å². The van der Waals surface area contributed by atoms with Gasteiger partial charge in [-0.05, 0) is 110 Å². The molecule has 5 heterocycles. The molecule has 50 nitrogen and oxygen atoms in total. The molecular formula is C98H136N24O26S2. The minimum atomic E-state index is -2.16. The summed E-state index contributed by atoms with van der Waals surface area (Å²) in [5.41, 5.74) is 26.0. The minimum Gasteiger partial charge on any atom is -0.481 e. The second-order valence-electron chi connectivity index (χ2n) is 37.4. The van der Waals surface area contributed by atoms with Gasteiger partial charge in [0.1, 0.15) is 78.5 Å². The van der Waals surface area contributed by atoms with Crippen molar-refractivity contribution in [3.63, 3.8) is 0 Å². The first kappa shape index (κ1) is 119. The number of hydrogen-bond donors (Lipinski definition) is 24. The van der Waals surface area contributed by atoms with E-state index in [0.717, 1.165) is 19.2 Å². The number of nitrogens with one attached hydrogen (secondary N) is 15. The number of aliphatic carboxylic acids is 4. The summed E-state index contributed by atoms with van der Waals surface area (Å²) in [7, 11) is 1.33. The molecule has 3 aliphatic heterocycles. The number of rotatable bonds is 45. The number of H-pyrrole nitrogens is 2. The van der Waals surface area contributed by atoms with Gasteiger partial charge in [0.25, 0.3) is 0 Å². The predicted molar refractivity (Wildman–Crippen MR) is 549 cm³/mol. The van der Waals surface area contributed by atoms with Crippen LogP contribution in [0.25, 0.3) is 32.6 Å². The molecule has 0 aliphatic carbocycles. The van der Waals surface area contributed by atoms with Gasteiger partial charge in [0.2, 0.25) is 100 Å². The van der Waals surface area contributed by atoms with Gasteiger partial charge >= 0.3 is 23.9 Å². The molecule has 4 aromatic carbocycles. The van der Waals surface area contributed by atoms with Crippen LogP contribution in [0.3, 0.4) is 0 Å². The van der Waals surface area contributed by atoms with Gasteiger partial charge < -0.3 is 132 Å². The molecule has 3 fully saturated rings. The number of aromatic nitrogens is 2. The normalized spacial score (nSPS) is 20.7. The number of carboxylic acid groups (broad SMARTS) is 4. The number of aromatic amines is 2. The van der Waals surface area contributed by atoms with Gasteiger partial charge in [-0.3, -0.25) is 120 Å². The number of amides is 17. The third-order valence-electron chi connectivity index (χ3n) is 25.8. The van der Waals surface area contributed by atoms with Gasteiger partial charge in [-0.15, -0.1) is 0 Å². The quantitative estimate of drug-likeness (QED) is 0.0126. The molecule has 52 heteroatoms. The number of primary amides is 3. The summed E-state index contributed by atoms with van der Waals surface area (Å²) >= 11 is 0. The highest BCUT2D eigenvalue weighted by Crippen LogP contribution is 2.29. The van der Waals surface area contributed by atoms with Crippen molar-refractivity contribution in [2.75, 3.05) is 110 Å². The number of carboxylic acids is 4. The van der Waals surface area contributed by atoms with E-state index in [1.54, 1.807) is 130 Å².